The van der Waals surface area contributed by atoms with Crippen LogP contribution in [0.2, 0.25) is 0 Å². The highest BCUT2D eigenvalue weighted by Crippen LogP contribution is 2.18. The molecule has 2 aromatic rings. The molecule has 0 atom stereocenters. The molecule has 9 heteroatoms. The van der Waals surface area contributed by atoms with Crippen LogP contribution in [0.25, 0.3) is 11.0 Å². The standard InChI is InChI=1S/C16H24N6O3/c1-3-7-18-15-12-10-21-22(16(12)20-11-19-15)9-8-17-13(23)5-6-14(24)25-4-2/h10-11H,3-9H2,1-2H3,(H,17,23)(H,18,19,20). The minimum atomic E-state index is -0.362. The lowest BCUT2D eigenvalue weighted by Gasteiger charge is -2.07. The van der Waals surface area contributed by atoms with E-state index in [4.69, 9.17) is 4.74 Å². The Morgan fingerprint density at radius 2 is 2.04 bits per heavy atom. The molecule has 2 heterocycles. The van der Waals surface area contributed by atoms with Gasteiger partial charge in [0.25, 0.3) is 0 Å². The third kappa shape index (κ3) is 5.40. The molecule has 9 nitrogen and oxygen atoms in total. The number of fused-ring (bicyclic) bond motifs is 1. The number of hydrogen-bond acceptors (Lipinski definition) is 7. The van der Waals surface area contributed by atoms with E-state index in [1.807, 2.05) is 0 Å². The number of nitrogens with zero attached hydrogens (tertiary/aromatic N) is 4. The normalized spacial score (nSPS) is 10.6. The molecule has 0 aliphatic carbocycles. The van der Waals surface area contributed by atoms with Gasteiger partial charge >= 0.3 is 5.97 Å². The fourth-order valence-corrected chi connectivity index (χ4v) is 2.28. The second-order valence-electron chi connectivity index (χ2n) is 5.41. The molecule has 0 fully saturated rings. The quantitative estimate of drug-likeness (QED) is 0.619. The van der Waals surface area contributed by atoms with Crippen molar-refractivity contribution in [2.45, 2.75) is 39.7 Å². The summed E-state index contributed by atoms with van der Waals surface area (Å²) in [4.78, 5) is 31.5. The first kappa shape index (κ1) is 18.6. The monoisotopic (exact) mass is 348 g/mol. The average Bonchev–Trinajstić information content (AvgIpc) is 3.02. The molecule has 0 spiro atoms. The van der Waals surface area contributed by atoms with E-state index in [-0.39, 0.29) is 24.7 Å². The summed E-state index contributed by atoms with van der Waals surface area (Å²) in [5, 5.41) is 11.2. The van der Waals surface area contributed by atoms with Gasteiger partial charge < -0.3 is 15.4 Å². The highest BCUT2D eigenvalue weighted by molar-refractivity contribution is 5.86. The largest absolute Gasteiger partial charge is 0.466 e. The molecule has 0 aliphatic heterocycles. The second kappa shape index (κ2) is 9.55. The predicted molar refractivity (Wildman–Crippen MR) is 93.0 cm³/mol. The van der Waals surface area contributed by atoms with Crippen molar-refractivity contribution in [3.05, 3.63) is 12.5 Å². The maximum absolute atomic E-state index is 11.7. The first-order valence-corrected chi connectivity index (χ1v) is 8.48. The summed E-state index contributed by atoms with van der Waals surface area (Å²) in [5.74, 6) is 0.209. The molecule has 2 rings (SSSR count). The van der Waals surface area contributed by atoms with E-state index in [2.05, 4.69) is 32.6 Å². The highest BCUT2D eigenvalue weighted by Gasteiger charge is 2.10. The van der Waals surface area contributed by atoms with Gasteiger partial charge in [-0.25, -0.2) is 14.6 Å². The van der Waals surface area contributed by atoms with E-state index in [1.165, 1.54) is 6.33 Å². The van der Waals surface area contributed by atoms with Crippen LogP contribution in [-0.4, -0.2) is 51.3 Å². The molecule has 2 aromatic heterocycles. The minimum absolute atomic E-state index is 0.0874. The number of anilines is 1. The first-order chi connectivity index (χ1) is 12.2. The summed E-state index contributed by atoms with van der Waals surface area (Å²) in [7, 11) is 0. The van der Waals surface area contributed by atoms with Gasteiger partial charge in [0.1, 0.15) is 12.1 Å². The molecule has 136 valence electrons. The van der Waals surface area contributed by atoms with Gasteiger partial charge in [-0.15, -0.1) is 0 Å². The number of esters is 1. The third-order valence-corrected chi connectivity index (χ3v) is 3.48. The van der Waals surface area contributed by atoms with Crippen LogP contribution in [0, 0.1) is 0 Å². The zero-order valence-corrected chi connectivity index (χ0v) is 14.6. The van der Waals surface area contributed by atoms with Crippen LogP contribution in [0.4, 0.5) is 5.82 Å². The maximum atomic E-state index is 11.7. The van der Waals surface area contributed by atoms with Crippen LogP contribution in [-0.2, 0) is 20.9 Å². The zero-order valence-electron chi connectivity index (χ0n) is 14.6. The Labute approximate surface area is 146 Å². The van der Waals surface area contributed by atoms with Crippen molar-refractivity contribution in [1.82, 2.24) is 25.1 Å². The molecule has 0 aliphatic rings. The first-order valence-electron chi connectivity index (χ1n) is 8.48. The zero-order chi connectivity index (χ0) is 18.1. The number of rotatable bonds is 10. The number of carbonyl (C=O) groups is 2. The van der Waals surface area contributed by atoms with Crippen molar-refractivity contribution in [1.29, 1.82) is 0 Å². The number of aromatic nitrogens is 4. The van der Waals surface area contributed by atoms with Crippen LogP contribution in [0.15, 0.2) is 12.5 Å². The fraction of sp³-hybridized carbons (Fsp3) is 0.562. The molecular weight excluding hydrogens is 324 g/mol. The van der Waals surface area contributed by atoms with Crippen molar-refractivity contribution in [3.63, 3.8) is 0 Å². The average molecular weight is 348 g/mol. The smallest absolute Gasteiger partial charge is 0.306 e. The Balaban J connectivity index is 1.85. The number of nitrogens with one attached hydrogen (secondary N) is 2. The maximum Gasteiger partial charge on any atom is 0.306 e. The summed E-state index contributed by atoms with van der Waals surface area (Å²) in [6.07, 6.45) is 4.42. The molecule has 0 aromatic carbocycles. The second-order valence-corrected chi connectivity index (χ2v) is 5.41. The van der Waals surface area contributed by atoms with E-state index >= 15 is 0 Å². The van der Waals surface area contributed by atoms with Crippen LogP contribution >= 0.6 is 0 Å². The van der Waals surface area contributed by atoms with Gasteiger partial charge in [-0.05, 0) is 13.3 Å². The van der Waals surface area contributed by atoms with Gasteiger partial charge in [0.15, 0.2) is 5.65 Å². The van der Waals surface area contributed by atoms with E-state index < -0.39 is 0 Å². The Hall–Kier alpha value is -2.71. The predicted octanol–water partition coefficient (Wildman–Crippen LogP) is 1.11. The molecule has 25 heavy (non-hydrogen) atoms. The van der Waals surface area contributed by atoms with Gasteiger partial charge in [-0.3, -0.25) is 9.59 Å². The summed E-state index contributed by atoms with van der Waals surface area (Å²) < 4.78 is 6.51. The van der Waals surface area contributed by atoms with Crippen molar-refractivity contribution in [3.8, 4) is 0 Å². The molecule has 0 saturated heterocycles. The third-order valence-electron chi connectivity index (χ3n) is 3.48. The van der Waals surface area contributed by atoms with Gasteiger partial charge in [-0.1, -0.05) is 6.92 Å². The number of amides is 1. The lowest BCUT2D eigenvalue weighted by molar-refractivity contribution is -0.144. The Bertz CT molecular complexity index is 715. The minimum Gasteiger partial charge on any atom is -0.466 e. The molecule has 0 unspecified atom stereocenters. The Morgan fingerprint density at radius 1 is 1.20 bits per heavy atom. The molecule has 0 bridgehead atoms. The number of hydrogen-bond donors (Lipinski definition) is 2. The van der Waals surface area contributed by atoms with Gasteiger partial charge in [0.2, 0.25) is 5.91 Å². The summed E-state index contributed by atoms with van der Waals surface area (Å²) in [6, 6.07) is 0. The van der Waals surface area contributed by atoms with E-state index in [9.17, 15) is 9.59 Å². The van der Waals surface area contributed by atoms with E-state index in [0.717, 1.165) is 29.8 Å². The lowest BCUT2D eigenvalue weighted by Crippen LogP contribution is -2.28. The van der Waals surface area contributed by atoms with Crippen molar-refractivity contribution in [2.75, 3.05) is 25.0 Å². The van der Waals surface area contributed by atoms with Gasteiger partial charge in [0.05, 0.1) is 31.2 Å². The summed E-state index contributed by atoms with van der Waals surface area (Å²) in [5.41, 5.74) is 0.717. The highest BCUT2D eigenvalue weighted by atomic mass is 16.5. The topological polar surface area (TPSA) is 111 Å². The van der Waals surface area contributed by atoms with Crippen molar-refractivity contribution >= 4 is 28.7 Å². The molecule has 2 N–H and O–H groups in total. The van der Waals surface area contributed by atoms with Gasteiger partial charge in [0, 0.05) is 19.5 Å². The SMILES string of the molecule is CCCNc1ncnc2c1cnn2CCNC(=O)CCC(=O)OCC. The van der Waals surface area contributed by atoms with Crippen molar-refractivity contribution in [2.24, 2.45) is 0 Å². The summed E-state index contributed by atoms with van der Waals surface area (Å²) in [6.45, 7) is 5.86. The number of ether oxygens (including phenoxy) is 1. The summed E-state index contributed by atoms with van der Waals surface area (Å²) >= 11 is 0. The molecule has 0 radical (unpaired) electrons. The van der Waals surface area contributed by atoms with E-state index in [0.29, 0.717) is 19.7 Å². The molecule has 0 saturated carbocycles. The van der Waals surface area contributed by atoms with Crippen LogP contribution in [0.1, 0.15) is 33.1 Å². The van der Waals surface area contributed by atoms with Gasteiger partial charge in [-0.2, -0.15) is 5.10 Å². The number of carbonyl (C=O) groups excluding carboxylic acids is 2. The lowest BCUT2D eigenvalue weighted by atomic mass is 10.3. The van der Waals surface area contributed by atoms with Crippen LogP contribution < -0.4 is 10.6 Å². The molecular formula is C16H24N6O3. The molecule has 1 amide bonds. The Kier molecular flexibility index (Phi) is 7.12. The fourth-order valence-electron chi connectivity index (χ4n) is 2.28. The van der Waals surface area contributed by atoms with Crippen LogP contribution in [0.5, 0.6) is 0 Å². The Morgan fingerprint density at radius 3 is 2.80 bits per heavy atom. The van der Waals surface area contributed by atoms with E-state index in [1.54, 1.807) is 17.8 Å². The van der Waals surface area contributed by atoms with Crippen molar-refractivity contribution < 1.29 is 14.3 Å². The van der Waals surface area contributed by atoms with Crippen LogP contribution in [0.3, 0.4) is 0 Å².